The standard InChI is InChI=1S/C7H13Cl/c1-2-3-4-5-6-7-8/h6-7H,2-5H2,1H3/b7-6+. The minimum atomic E-state index is 1.14. The van der Waals surface area contributed by atoms with Crippen LogP contribution in [0.4, 0.5) is 0 Å². The van der Waals surface area contributed by atoms with Gasteiger partial charge >= 0.3 is 0 Å². The Kier molecular flexibility index (Phi) is 7.06. The van der Waals surface area contributed by atoms with Crippen LogP contribution in [0.2, 0.25) is 0 Å². The highest BCUT2D eigenvalue weighted by molar-refractivity contribution is 6.25. The van der Waals surface area contributed by atoms with E-state index >= 15 is 0 Å². The molecule has 0 saturated carbocycles. The highest BCUT2D eigenvalue weighted by atomic mass is 35.5. The summed E-state index contributed by atoms with van der Waals surface area (Å²) in [6.45, 7) is 2.20. The second kappa shape index (κ2) is 7.03. The minimum Gasteiger partial charge on any atom is -0.0933 e. The summed E-state index contributed by atoms with van der Waals surface area (Å²) in [4.78, 5) is 0. The highest BCUT2D eigenvalue weighted by Crippen LogP contribution is 1.99. The lowest BCUT2D eigenvalue weighted by molar-refractivity contribution is 0.729. The van der Waals surface area contributed by atoms with Crippen molar-refractivity contribution >= 4 is 11.6 Å². The molecule has 0 nitrogen and oxygen atoms in total. The predicted octanol–water partition coefficient (Wildman–Crippen LogP) is 3.32. The van der Waals surface area contributed by atoms with E-state index in [4.69, 9.17) is 11.6 Å². The van der Waals surface area contributed by atoms with Crippen LogP contribution in [0.5, 0.6) is 0 Å². The van der Waals surface area contributed by atoms with E-state index in [2.05, 4.69) is 6.92 Å². The number of halogens is 1. The van der Waals surface area contributed by atoms with Crippen molar-refractivity contribution in [1.29, 1.82) is 0 Å². The van der Waals surface area contributed by atoms with Crippen LogP contribution in [0.15, 0.2) is 11.6 Å². The third kappa shape index (κ3) is 6.03. The van der Waals surface area contributed by atoms with Gasteiger partial charge in [0, 0.05) is 5.54 Å². The number of hydrogen-bond donors (Lipinski definition) is 0. The van der Waals surface area contributed by atoms with Crippen LogP contribution in [0.25, 0.3) is 0 Å². The summed E-state index contributed by atoms with van der Waals surface area (Å²) in [7, 11) is 0. The molecule has 0 atom stereocenters. The molecule has 8 heavy (non-hydrogen) atoms. The average Bonchev–Trinajstić information content (AvgIpc) is 1.81. The normalized spacial score (nSPS) is 10.8. The number of hydrogen-bond acceptors (Lipinski definition) is 0. The molecule has 0 aliphatic rings. The van der Waals surface area contributed by atoms with Gasteiger partial charge in [0.15, 0.2) is 0 Å². The van der Waals surface area contributed by atoms with Crippen molar-refractivity contribution in [3.8, 4) is 0 Å². The Bertz CT molecular complexity index is 57.4. The molecule has 0 rings (SSSR count). The van der Waals surface area contributed by atoms with E-state index in [1.54, 1.807) is 5.54 Å². The molecule has 1 heteroatoms. The largest absolute Gasteiger partial charge is 0.0933 e. The Morgan fingerprint density at radius 2 is 2.12 bits per heavy atom. The van der Waals surface area contributed by atoms with Crippen molar-refractivity contribution in [3.05, 3.63) is 11.6 Å². The van der Waals surface area contributed by atoms with Gasteiger partial charge in [-0.05, 0) is 12.8 Å². The van der Waals surface area contributed by atoms with E-state index in [0.29, 0.717) is 0 Å². The maximum Gasteiger partial charge on any atom is 0.000245 e. The summed E-state index contributed by atoms with van der Waals surface area (Å²) in [5, 5.41) is 0. The van der Waals surface area contributed by atoms with Gasteiger partial charge in [0.2, 0.25) is 0 Å². The van der Waals surface area contributed by atoms with Gasteiger partial charge in [0.05, 0.1) is 0 Å². The van der Waals surface area contributed by atoms with E-state index in [-0.39, 0.29) is 0 Å². The molecule has 0 aliphatic heterocycles. The first-order valence-electron chi connectivity index (χ1n) is 3.17. The van der Waals surface area contributed by atoms with Gasteiger partial charge in [0.1, 0.15) is 0 Å². The van der Waals surface area contributed by atoms with Gasteiger partial charge in [0.25, 0.3) is 0 Å². The van der Waals surface area contributed by atoms with Crippen molar-refractivity contribution in [1.82, 2.24) is 0 Å². The zero-order valence-corrected chi connectivity index (χ0v) is 6.12. The minimum absolute atomic E-state index is 1.14. The first-order chi connectivity index (χ1) is 3.91. The van der Waals surface area contributed by atoms with Crippen molar-refractivity contribution in [2.24, 2.45) is 0 Å². The molecule has 48 valence electrons. The highest BCUT2D eigenvalue weighted by Gasteiger charge is 1.78. The zero-order chi connectivity index (χ0) is 6.24. The third-order valence-electron chi connectivity index (χ3n) is 1.06. The lowest BCUT2D eigenvalue weighted by atomic mass is 10.2. The molecule has 0 spiro atoms. The second-order valence-corrected chi connectivity index (χ2v) is 2.11. The van der Waals surface area contributed by atoms with E-state index in [0.717, 1.165) is 6.42 Å². The van der Waals surface area contributed by atoms with Crippen LogP contribution in [0.1, 0.15) is 32.6 Å². The fraction of sp³-hybridized carbons (Fsp3) is 0.714. The molecule has 0 saturated heterocycles. The van der Waals surface area contributed by atoms with E-state index in [9.17, 15) is 0 Å². The predicted molar refractivity (Wildman–Crippen MR) is 39.1 cm³/mol. The summed E-state index contributed by atoms with van der Waals surface area (Å²) in [5.74, 6) is 0. The molecule has 0 unspecified atom stereocenters. The first-order valence-corrected chi connectivity index (χ1v) is 3.60. The van der Waals surface area contributed by atoms with Gasteiger partial charge in [-0.3, -0.25) is 0 Å². The lowest BCUT2D eigenvalue weighted by Crippen LogP contribution is -1.68. The molecular weight excluding hydrogens is 120 g/mol. The van der Waals surface area contributed by atoms with Crippen LogP contribution >= 0.6 is 11.6 Å². The quantitative estimate of drug-likeness (QED) is 0.515. The Morgan fingerprint density at radius 1 is 1.38 bits per heavy atom. The van der Waals surface area contributed by atoms with Gasteiger partial charge < -0.3 is 0 Å². The number of rotatable bonds is 4. The van der Waals surface area contributed by atoms with Crippen LogP contribution < -0.4 is 0 Å². The summed E-state index contributed by atoms with van der Waals surface area (Å²) in [6.07, 6.45) is 7.02. The van der Waals surface area contributed by atoms with Gasteiger partial charge in [-0.2, -0.15) is 0 Å². The molecule has 0 radical (unpaired) electrons. The molecule has 0 N–H and O–H groups in total. The van der Waals surface area contributed by atoms with E-state index < -0.39 is 0 Å². The Balaban J connectivity index is 2.72. The molecule has 0 aromatic heterocycles. The topological polar surface area (TPSA) is 0 Å². The summed E-state index contributed by atoms with van der Waals surface area (Å²) >= 11 is 5.30. The van der Waals surface area contributed by atoms with E-state index in [1.165, 1.54) is 19.3 Å². The maximum atomic E-state index is 5.30. The molecule has 0 aromatic rings. The molecule has 0 aromatic carbocycles. The summed E-state index contributed by atoms with van der Waals surface area (Å²) in [5.41, 5.74) is 1.59. The van der Waals surface area contributed by atoms with E-state index in [1.807, 2.05) is 6.08 Å². The first kappa shape index (κ1) is 8.03. The fourth-order valence-electron chi connectivity index (χ4n) is 0.575. The Morgan fingerprint density at radius 3 is 2.62 bits per heavy atom. The number of unbranched alkanes of at least 4 members (excludes halogenated alkanes) is 3. The van der Waals surface area contributed by atoms with Crippen LogP contribution in [0.3, 0.4) is 0 Å². The second-order valence-electron chi connectivity index (χ2n) is 1.86. The van der Waals surface area contributed by atoms with Gasteiger partial charge in [-0.1, -0.05) is 37.4 Å². The zero-order valence-electron chi connectivity index (χ0n) is 5.36. The van der Waals surface area contributed by atoms with Crippen LogP contribution in [-0.2, 0) is 0 Å². The average molecular weight is 133 g/mol. The molecule has 0 aliphatic carbocycles. The molecular formula is C7H13Cl. The van der Waals surface area contributed by atoms with Crippen molar-refractivity contribution in [2.45, 2.75) is 32.6 Å². The van der Waals surface area contributed by atoms with Crippen LogP contribution in [0, 0.1) is 0 Å². The summed E-state index contributed by atoms with van der Waals surface area (Å²) < 4.78 is 0. The van der Waals surface area contributed by atoms with Crippen molar-refractivity contribution in [2.75, 3.05) is 0 Å². The smallest absolute Gasteiger partial charge is 0.000245 e. The maximum absolute atomic E-state index is 5.30. The van der Waals surface area contributed by atoms with Gasteiger partial charge in [-0.15, -0.1) is 0 Å². The Labute approximate surface area is 56.5 Å². The lowest BCUT2D eigenvalue weighted by Gasteiger charge is -1.88. The van der Waals surface area contributed by atoms with Gasteiger partial charge in [-0.25, -0.2) is 0 Å². The molecule has 0 amide bonds. The number of allylic oxidation sites excluding steroid dienone is 1. The monoisotopic (exact) mass is 132 g/mol. The molecule has 0 heterocycles. The SMILES string of the molecule is CCCCC/C=C/Cl. The van der Waals surface area contributed by atoms with Crippen LogP contribution in [-0.4, -0.2) is 0 Å². The van der Waals surface area contributed by atoms with Crippen molar-refractivity contribution < 1.29 is 0 Å². The summed E-state index contributed by atoms with van der Waals surface area (Å²) in [6, 6.07) is 0. The molecule has 0 bridgehead atoms. The Hall–Kier alpha value is 0.0300. The fourth-order valence-corrected chi connectivity index (χ4v) is 0.701. The molecule has 0 fully saturated rings. The van der Waals surface area contributed by atoms with Crippen molar-refractivity contribution in [3.63, 3.8) is 0 Å². The third-order valence-corrected chi connectivity index (χ3v) is 1.24.